The number of furan rings is 4. The van der Waals surface area contributed by atoms with E-state index >= 15 is 0 Å². The molecule has 0 saturated carbocycles. The molecule has 0 radical (unpaired) electrons. The van der Waals surface area contributed by atoms with Crippen LogP contribution in [0.25, 0.3) is 43.9 Å². The molecule has 5 aromatic heterocycles. The number of hydrogen-bond acceptors (Lipinski definition) is 30. The van der Waals surface area contributed by atoms with Gasteiger partial charge in [0.15, 0.2) is 0 Å². The fourth-order valence-electron chi connectivity index (χ4n) is 23.3. The lowest BCUT2D eigenvalue weighted by Gasteiger charge is -2.37. The van der Waals surface area contributed by atoms with Crippen LogP contribution in [0.2, 0.25) is 0 Å². The minimum Gasteiger partial charge on any atom is -0.478 e. The molecule has 4 aromatic carbocycles. The molecule has 2 amide bonds. The number of aromatic carboxylic acids is 1. The number of aliphatic hydroxyl groups is 2. The van der Waals surface area contributed by atoms with Crippen molar-refractivity contribution in [2.45, 2.75) is 268 Å². The average Bonchev–Trinajstić information content (AvgIpc) is 1.69. The number of carboxylic acid groups (broad SMARTS) is 1. The smallest absolute Gasteiger partial charge is 0.410 e. The number of H-pyrrole nitrogens is 1. The zero-order valence-electron chi connectivity index (χ0n) is 92.4. The molecule has 8 aliphatic heterocycles. The first-order valence-corrected chi connectivity index (χ1v) is 55.0. The van der Waals surface area contributed by atoms with Crippen molar-refractivity contribution in [2.75, 3.05) is 231 Å². The van der Waals surface area contributed by atoms with Crippen molar-refractivity contribution in [3.8, 4) is 0 Å². The van der Waals surface area contributed by atoms with Crippen LogP contribution >= 0.6 is 0 Å². The molecule has 0 aliphatic carbocycles. The van der Waals surface area contributed by atoms with Gasteiger partial charge in [-0.2, -0.15) is 0 Å². The molecule has 34 nitrogen and oxygen atoms in total. The number of β-amino-alcohol motifs (C(OH)–C–C–N with tert-alkyl or cyclic N) is 2. The third-order valence-electron chi connectivity index (χ3n) is 30.4. The van der Waals surface area contributed by atoms with E-state index in [-0.39, 0.29) is 36.0 Å². The number of esters is 2. The lowest BCUT2D eigenvalue weighted by atomic mass is 9.95. The number of anilines is 4. The molecule has 6 N–H and O–H groups in total. The van der Waals surface area contributed by atoms with E-state index in [1.807, 2.05) is 99.6 Å². The zero-order valence-corrected chi connectivity index (χ0v) is 92.4. The van der Waals surface area contributed by atoms with Crippen LogP contribution in [-0.4, -0.2) is 337 Å². The van der Waals surface area contributed by atoms with Gasteiger partial charge in [-0.25, -0.2) is 19.2 Å². The van der Waals surface area contributed by atoms with Crippen molar-refractivity contribution in [3.63, 3.8) is 0 Å². The highest BCUT2D eigenvalue weighted by molar-refractivity contribution is 6.11. The number of carbonyl (C=O) groups excluding carboxylic acids is 4. The molecule has 8 fully saturated rings. The Kier molecular flexibility index (Phi) is 40.3. The first-order valence-electron chi connectivity index (χ1n) is 55.0. The van der Waals surface area contributed by atoms with E-state index in [9.17, 15) is 44.1 Å². The summed E-state index contributed by atoms with van der Waals surface area (Å²) < 4.78 is 63.9. The van der Waals surface area contributed by atoms with Crippen molar-refractivity contribution < 1.29 is 90.1 Å². The third kappa shape index (κ3) is 29.1. The molecular weight excluding hydrogens is 1900 g/mol. The van der Waals surface area contributed by atoms with Crippen LogP contribution in [0.15, 0.2) is 77.1 Å². The maximum absolute atomic E-state index is 14.2. The highest BCUT2D eigenvalue weighted by Gasteiger charge is 2.38. The minimum atomic E-state index is -0.899. The summed E-state index contributed by atoms with van der Waals surface area (Å²) >= 11 is 0. The number of aryl methyl sites for hydroxylation is 2. The summed E-state index contributed by atoms with van der Waals surface area (Å²) in [5.74, 6) is 1.59. The van der Waals surface area contributed by atoms with E-state index in [1.165, 1.54) is 14.2 Å². The third-order valence-corrected chi connectivity index (χ3v) is 30.4. The number of hydrogen-bond donors (Lipinski definition) is 6. The number of amides is 2. The zero-order chi connectivity index (χ0) is 107. The van der Waals surface area contributed by atoms with E-state index in [2.05, 4.69) is 137 Å². The number of nitrogens with one attached hydrogen (secondary N) is 3. The number of pyridine rings is 1. The van der Waals surface area contributed by atoms with E-state index in [0.29, 0.717) is 139 Å². The molecule has 13 heterocycles. The Bertz CT molecular complexity index is 6000. The number of ether oxygens (including phenoxy) is 7. The van der Waals surface area contributed by atoms with Gasteiger partial charge in [0.05, 0.1) is 73.9 Å². The van der Waals surface area contributed by atoms with Crippen LogP contribution in [0.1, 0.15) is 259 Å². The Morgan fingerprint density at radius 1 is 0.403 bits per heavy atom. The van der Waals surface area contributed by atoms with Crippen LogP contribution in [0.4, 0.5) is 27.5 Å². The Labute approximate surface area is 880 Å². The van der Waals surface area contributed by atoms with Crippen molar-refractivity contribution in [3.05, 3.63) is 149 Å². The van der Waals surface area contributed by atoms with E-state index < -0.39 is 22.8 Å². The van der Waals surface area contributed by atoms with Crippen LogP contribution < -0.4 is 35.8 Å². The van der Waals surface area contributed by atoms with Gasteiger partial charge in [-0.15, -0.1) is 0 Å². The summed E-state index contributed by atoms with van der Waals surface area (Å²) in [6.45, 7) is 60.9. The van der Waals surface area contributed by atoms with Gasteiger partial charge in [0.25, 0.3) is 11.5 Å². The lowest BCUT2D eigenvalue weighted by Crippen LogP contribution is -2.50. The first-order chi connectivity index (χ1) is 71.5. The van der Waals surface area contributed by atoms with Gasteiger partial charge in [-0.05, 0) is 225 Å². The van der Waals surface area contributed by atoms with E-state index in [4.69, 9.17) is 50.8 Å². The minimum absolute atomic E-state index is 0.145. The number of methoxy groups -OCH3 is 2. The molecule has 8 saturated heterocycles. The van der Waals surface area contributed by atoms with Crippen molar-refractivity contribution in [2.24, 2.45) is 0 Å². The molecule has 0 spiro atoms. The summed E-state index contributed by atoms with van der Waals surface area (Å²) in [6, 6.07) is 19.8. The fourth-order valence-corrected chi connectivity index (χ4v) is 23.3. The number of piperazine rings is 4. The van der Waals surface area contributed by atoms with Gasteiger partial charge in [-0.1, -0.05) is 27.7 Å². The summed E-state index contributed by atoms with van der Waals surface area (Å²) in [5.41, 5.74) is 13.3. The van der Waals surface area contributed by atoms with Crippen molar-refractivity contribution >= 4 is 96.5 Å². The Balaban J connectivity index is 0.000000158. The van der Waals surface area contributed by atoms with Gasteiger partial charge >= 0.3 is 24.0 Å². The number of carboxylic acids is 1. The molecular formula is C115H170N14O20. The Morgan fingerprint density at radius 2 is 0.698 bits per heavy atom. The second-order valence-electron chi connectivity index (χ2n) is 43.3. The molecule has 0 unspecified atom stereocenters. The monoisotopic (exact) mass is 2070 g/mol. The van der Waals surface area contributed by atoms with E-state index in [1.54, 1.807) is 4.90 Å². The second-order valence-corrected chi connectivity index (χ2v) is 43.3. The van der Waals surface area contributed by atoms with Gasteiger partial charge in [0.1, 0.15) is 51.0 Å². The number of benzene rings is 4. The number of fused-ring (bicyclic) bond motifs is 4. The van der Waals surface area contributed by atoms with Gasteiger partial charge in [-0.3, -0.25) is 39.0 Å². The van der Waals surface area contributed by atoms with Crippen molar-refractivity contribution in [1.29, 1.82) is 0 Å². The van der Waals surface area contributed by atoms with Crippen LogP contribution in [-0.2, 0) is 91.6 Å². The van der Waals surface area contributed by atoms with Gasteiger partial charge in [0.2, 0.25) is 0 Å². The first kappa shape index (κ1) is 114. The normalized spacial score (nSPS) is 18.0. The standard InChI is InChI=1S/C35H51N5O5.C29H43N3O6.C27H41N3O5.C24H35N3O4/c1-7-27-30(40(8-2)25-9-15-44-16-10-25)19-31-28(32(27)34(42)36-20-29-23(3)17-24(4)37-33(29)41)18-26(45-31)21-38-11-13-39(14-12-38)22-35(5,6)43;1-7-22-24(32(8-2)20-9-15-36-16-10-20)18-25-23(26(22)27(33)35-6)17-21(37-25)19-30-11-13-31(14-12-30)28(34)38-29(3,4)5;1-5-21-23(30(6-2)19-7-13-34-14-8-19)16-24-22(25(21)26(31)32)15-20(35-24)17-28-9-11-29(12-10-28)18-27(3,4)33;1-4-19-21(27(5-2)17-6-12-30-13-7-17)15-22-20(23(19)24(28)29-3)14-18(31-22)16-26-10-8-25-9-11-26/h17-19,25,43H,7-16,20-22H2,1-6H3,(H,36,42)(H,37,41);17-18,20H,7-16,19H2,1-6H3;15-16,19,33H,5-14,17-18H2,1-4H3,(H,31,32);14-15,17,25H,4-13,16H2,1-3H3. The fraction of sp³-hybridized carbons (Fsp3) is 0.635. The summed E-state index contributed by atoms with van der Waals surface area (Å²) in [5, 5.41) is 40.2. The van der Waals surface area contributed by atoms with Crippen LogP contribution in [0.5, 0.6) is 0 Å². The highest BCUT2D eigenvalue weighted by Crippen LogP contribution is 2.44. The number of nitrogens with zero attached hydrogens (tertiary/aromatic N) is 11. The Morgan fingerprint density at radius 3 is 0.993 bits per heavy atom. The maximum atomic E-state index is 14.2. The molecule has 0 bridgehead atoms. The number of rotatable bonds is 34. The predicted octanol–water partition coefficient (Wildman–Crippen LogP) is 15.7. The van der Waals surface area contributed by atoms with Gasteiger partial charge < -0.3 is 106 Å². The quantitative estimate of drug-likeness (QED) is 0.0161. The number of aromatic amines is 1. The molecule has 0 atom stereocenters. The van der Waals surface area contributed by atoms with Crippen molar-refractivity contribution in [1.82, 2.24) is 49.9 Å². The van der Waals surface area contributed by atoms with Gasteiger partial charge in [0, 0.05) is 307 Å². The molecule has 9 aromatic rings. The van der Waals surface area contributed by atoms with Crippen LogP contribution in [0.3, 0.4) is 0 Å². The molecule has 149 heavy (non-hydrogen) atoms. The molecule has 17 rings (SSSR count). The summed E-state index contributed by atoms with van der Waals surface area (Å²) in [4.78, 5) is 106. The largest absolute Gasteiger partial charge is 0.478 e. The SMILES string of the molecule is CCc1c(N(CC)C2CCOCC2)cc2oc(CN3CCN(C(=O)OC(C)(C)C)CC3)cc2c1C(=O)OC.CCc1c(N(CC)C2CCOCC2)cc2oc(CN3CCN(CC(C)(C)O)CC3)cc2c1C(=O)NCc1c(C)cc(C)[nH]c1=O.CCc1c(N(CC)C2CCOCC2)cc2oc(CN3CCN(CC(C)(C)O)CC3)cc2c1C(=O)O.CCc1c(N(CC)C2CCOCC2)cc2oc(CN3CCNCC3)cc2c1C(=O)OC. The summed E-state index contributed by atoms with van der Waals surface area (Å²) in [6.07, 6.45) is 10.2. The maximum Gasteiger partial charge on any atom is 0.410 e. The lowest BCUT2D eigenvalue weighted by molar-refractivity contribution is 0.0132. The molecule has 820 valence electrons. The van der Waals surface area contributed by atoms with E-state index in [0.717, 1.165) is 336 Å². The summed E-state index contributed by atoms with van der Waals surface area (Å²) in [7, 11) is 2.89. The molecule has 34 heteroatoms. The van der Waals surface area contributed by atoms with Crippen LogP contribution in [0, 0.1) is 13.8 Å². The topological polar surface area (TPSA) is 356 Å². The average molecular weight is 2070 g/mol. The number of carbonyl (C=O) groups is 5. The predicted molar refractivity (Wildman–Crippen MR) is 584 cm³/mol. The molecule has 8 aliphatic rings. The number of aromatic nitrogens is 1. The Hall–Kier alpha value is -10.2. The highest BCUT2D eigenvalue weighted by atomic mass is 16.6. The second kappa shape index (κ2) is 52.4.